The number of nitrogens with one attached hydrogen (secondary N) is 1. The smallest absolute Gasteiger partial charge is 0.294 e. The van der Waals surface area contributed by atoms with Gasteiger partial charge < -0.3 is 5.32 Å². The van der Waals surface area contributed by atoms with E-state index in [-0.39, 0.29) is 38.5 Å². The lowest BCUT2D eigenvalue weighted by Crippen LogP contribution is -2.24. The molecule has 29 heavy (non-hydrogen) atoms. The molecule has 0 atom stereocenters. The molecule has 0 unspecified atom stereocenters. The van der Waals surface area contributed by atoms with Gasteiger partial charge in [0.25, 0.3) is 11.6 Å². The Labute approximate surface area is 169 Å². The van der Waals surface area contributed by atoms with Crippen molar-refractivity contribution >= 4 is 40.4 Å². The zero-order valence-electron chi connectivity index (χ0n) is 14.6. The molecule has 0 bridgehead atoms. The third-order valence-electron chi connectivity index (χ3n) is 4.62. The zero-order valence-corrected chi connectivity index (χ0v) is 15.4. The number of hydrogen-bond acceptors (Lipinski definition) is 5. The molecule has 8 heteroatoms. The van der Waals surface area contributed by atoms with Crippen LogP contribution in [-0.4, -0.2) is 22.4 Å². The average molecular weight is 407 g/mol. The van der Waals surface area contributed by atoms with Gasteiger partial charge in [-0.15, -0.1) is 0 Å². The number of fused-ring (bicyclic) bond motifs is 2. The second-order valence-corrected chi connectivity index (χ2v) is 6.69. The summed E-state index contributed by atoms with van der Waals surface area (Å²) in [4.78, 5) is 49.4. The Morgan fingerprint density at radius 1 is 0.862 bits per heavy atom. The zero-order chi connectivity index (χ0) is 20.7. The van der Waals surface area contributed by atoms with Crippen molar-refractivity contribution in [3.8, 4) is 0 Å². The highest BCUT2D eigenvalue weighted by Gasteiger charge is 2.38. The number of nitrogens with zero attached hydrogens (tertiary/aromatic N) is 1. The lowest BCUT2D eigenvalue weighted by molar-refractivity contribution is -0.385. The second-order valence-electron chi connectivity index (χ2n) is 6.28. The summed E-state index contributed by atoms with van der Waals surface area (Å²) in [5.74, 6) is -1.99. The summed E-state index contributed by atoms with van der Waals surface area (Å²) >= 11 is 6.02. The maximum atomic E-state index is 13.0. The minimum Gasteiger partial charge on any atom is -0.320 e. The number of carbonyl (C=O) groups is 3. The molecule has 7 nitrogen and oxygen atoms in total. The molecule has 0 aliphatic heterocycles. The highest BCUT2D eigenvalue weighted by Crippen LogP contribution is 2.36. The second kappa shape index (κ2) is 6.96. The normalized spacial score (nSPS) is 12.2. The van der Waals surface area contributed by atoms with Gasteiger partial charge in [0.05, 0.1) is 15.6 Å². The molecule has 0 radical (unpaired) electrons. The van der Waals surface area contributed by atoms with E-state index in [0.717, 1.165) is 0 Å². The number of hydrogen-bond donors (Lipinski definition) is 1. The maximum Gasteiger partial charge on any atom is 0.294 e. The van der Waals surface area contributed by atoms with Crippen molar-refractivity contribution in [3.63, 3.8) is 0 Å². The van der Waals surface area contributed by atoms with Gasteiger partial charge in [0.1, 0.15) is 11.1 Å². The van der Waals surface area contributed by atoms with Crippen LogP contribution in [0.4, 0.5) is 11.4 Å². The summed E-state index contributed by atoms with van der Waals surface area (Å²) < 4.78 is 0. The standard InChI is InChI=1S/C21H11ClN2O5/c22-15-7-3-4-8-16(15)23-21(27)14-10-9-13-17(18(14)24(28)29)20(26)12-6-2-1-5-11(12)19(13)25/h1-10H,(H,23,27). The molecule has 142 valence electrons. The summed E-state index contributed by atoms with van der Waals surface area (Å²) in [6.45, 7) is 0. The fourth-order valence-electron chi connectivity index (χ4n) is 3.29. The molecule has 1 amide bonds. The van der Waals surface area contributed by atoms with Crippen LogP contribution in [0.3, 0.4) is 0 Å². The Kier molecular flexibility index (Phi) is 4.44. The Morgan fingerprint density at radius 2 is 1.48 bits per heavy atom. The van der Waals surface area contributed by atoms with Gasteiger partial charge in [0.15, 0.2) is 5.78 Å². The number of benzene rings is 3. The minimum absolute atomic E-state index is 0.0664. The molecule has 3 aromatic carbocycles. The van der Waals surface area contributed by atoms with Gasteiger partial charge in [-0.1, -0.05) is 48.0 Å². The van der Waals surface area contributed by atoms with Crippen LogP contribution in [0, 0.1) is 10.1 Å². The number of nitro benzene ring substituents is 1. The number of nitro groups is 1. The Balaban J connectivity index is 1.87. The van der Waals surface area contributed by atoms with Gasteiger partial charge in [-0.05, 0) is 24.3 Å². The first-order valence-corrected chi connectivity index (χ1v) is 8.83. The first kappa shape index (κ1) is 18.5. The van der Waals surface area contributed by atoms with Crippen LogP contribution in [-0.2, 0) is 0 Å². The molecule has 0 spiro atoms. The fraction of sp³-hybridized carbons (Fsp3) is 0. The van der Waals surface area contributed by atoms with Crippen molar-refractivity contribution in [2.24, 2.45) is 0 Å². The molecular formula is C21H11ClN2O5. The Morgan fingerprint density at radius 3 is 2.14 bits per heavy atom. The van der Waals surface area contributed by atoms with Gasteiger partial charge >= 0.3 is 0 Å². The highest BCUT2D eigenvalue weighted by atomic mass is 35.5. The van der Waals surface area contributed by atoms with Gasteiger partial charge in [-0.2, -0.15) is 0 Å². The minimum atomic E-state index is -0.820. The van der Waals surface area contributed by atoms with Gasteiger partial charge in [0, 0.05) is 16.7 Å². The summed E-state index contributed by atoms with van der Waals surface area (Å²) in [5.41, 5.74) is -1.03. The lowest BCUT2D eigenvalue weighted by Gasteiger charge is -2.18. The van der Waals surface area contributed by atoms with E-state index in [9.17, 15) is 24.5 Å². The summed E-state index contributed by atoms with van der Waals surface area (Å²) in [5, 5.41) is 14.6. The van der Waals surface area contributed by atoms with E-state index in [1.165, 1.54) is 30.3 Å². The van der Waals surface area contributed by atoms with Gasteiger partial charge in [-0.3, -0.25) is 24.5 Å². The predicted octanol–water partition coefficient (Wildman–Crippen LogP) is 4.28. The van der Waals surface area contributed by atoms with Crippen molar-refractivity contribution in [3.05, 3.63) is 104 Å². The summed E-state index contributed by atoms with van der Waals surface area (Å²) in [6, 6.07) is 14.9. The summed E-state index contributed by atoms with van der Waals surface area (Å²) in [7, 11) is 0. The van der Waals surface area contributed by atoms with Gasteiger partial charge in [-0.25, -0.2) is 0 Å². The lowest BCUT2D eigenvalue weighted by atomic mass is 9.82. The predicted molar refractivity (Wildman–Crippen MR) is 106 cm³/mol. The first-order valence-electron chi connectivity index (χ1n) is 8.46. The van der Waals surface area contributed by atoms with Crippen LogP contribution < -0.4 is 5.32 Å². The third kappa shape index (κ3) is 2.97. The van der Waals surface area contributed by atoms with Crippen LogP contribution in [0.1, 0.15) is 42.2 Å². The van der Waals surface area contributed by atoms with Crippen LogP contribution >= 0.6 is 11.6 Å². The number of amides is 1. The van der Waals surface area contributed by atoms with E-state index < -0.39 is 28.1 Å². The Hall–Kier alpha value is -3.84. The molecule has 0 fully saturated rings. The first-order chi connectivity index (χ1) is 13.9. The Bertz CT molecular complexity index is 1240. The van der Waals surface area contributed by atoms with E-state index in [1.807, 2.05) is 0 Å². The van der Waals surface area contributed by atoms with Crippen molar-refractivity contribution in [1.82, 2.24) is 0 Å². The SMILES string of the molecule is O=C1c2ccccc2C(=O)c2c1ccc(C(=O)Nc1ccccc1Cl)c2[N+](=O)[O-]. The fourth-order valence-corrected chi connectivity index (χ4v) is 3.48. The van der Waals surface area contributed by atoms with E-state index in [2.05, 4.69) is 5.32 Å². The monoisotopic (exact) mass is 406 g/mol. The van der Waals surface area contributed by atoms with Crippen LogP contribution in [0.25, 0.3) is 0 Å². The molecule has 1 aliphatic rings. The van der Waals surface area contributed by atoms with Crippen LogP contribution in [0.2, 0.25) is 5.02 Å². The number of halogens is 1. The molecule has 1 aliphatic carbocycles. The van der Waals surface area contributed by atoms with Crippen molar-refractivity contribution in [2.45, 2.75) is 0 Å². The maximum absolute atomic E-state index is 13.0. The third-order valence-corrected chi connectivity index (χ3v) is 4.94. The van der Waals surface area contributed by atoms with Crippen LogP contribution in [0.15, 0.2) is 60.7 Å². The number of rotatable bonds is 3. The molecule has 0 heterocycles. The van der Waals surface area contributed by atoms with E-state index in [1.54, 1.807) is 30.3 Å². The summed E-state index contributed by atoms with van der Waals surface area (Å²) in [6.07, 6.45) is 0. The molecule has 3 aromatic rings. The average Bonchev–Trinajstić information content (AvgIpc) is 2.72. The molecule has 0 aromatic heterocycles. The number of anilines is 1. The number of para-hydroxylation sites is 1. The van der Waals surface area contributed by atoms with E-state index in [4.69, 9.17) is 11.6 Å². The molecule has 4 rings (SSSR count). The van der Waals surface area contributed by atoms with Crippen molar-refractivity contribution < 1.29 is 19.3 Å². The molecule has 1 N–H and O–H groups in total. The molecular weight excluding hydrogens is 396 g/mol. The largest absolute Gasteiger partial charge is 0.320 e. The molecule has 0 saturated heterocycles. The topological polar surface area (TPSA) is 106 Å². The van der Waals surface area contributed by atoms with Crippen molar-refractivity contribution in [1.29, 1.82) is 0 Å². The van der Waals surface area contributed by atoms with Gasteiger partial charge in [0.2, 0.25) is 5.78 Å². The van der Waals surface area contributed by atoms with E-state index in [0.29, 0.717) is 0 Å². The highest BCUT2D eigenvalue weighted by molar-refractivity contribution is 6.34. The number of carbonyl (C=O) groups excluding carboxylic acids is 3. The number of ketones is 2. The molecule has 0 saturated carbocycles. The van der Waals surface area contributed by atoms with E-state index >= 15 is 0 Å². The van der Waals surface area contributed by atoms with Crippen LogP contribution in [0.5, 0.6) is 0 Å². The van der Waals surface area contributed by atoms with Crippen molar-refractivity contribution in [2.75, 3.05) is 5.32 Å². The quantitative estimate of drug-likeness (QED) is 0.403.